The van der Waals surface area contributed by atoms with Crippen molar-refractivity contribution in [3.8, 4) is 0 Å². The van der Waals surface area contributed by atoms with Crippen molar-refractivity contribution in [2.75, 3.05) is 78.5 Å². The lowest BCUT2D eigenvalue weighted by Crippen LogP contribution is -2.67. The fraction of sp³-hybridized carbons (Fsp3) is 0.700. The van der Waals surface area contributed by atoms with E-state index in [0.29, 0.717) is 0 Å². The molecule has 130 valence electrons. The number of nitrogens with zero attached hydrogens (tertiary/aromatic N) is 4. The lowest BCUT2D eigenvalue weighted by molar-refractivity contribution is -0.956. The maximum Gasteiger partial charge on any atom is 0.105 e. The van der Waals surface area contributed by atoms with Gasteiger partial charge in [0, 0.05) is 50.4 Å². The molecule has 24 heavy (non-hydrogen) atoms. The predicted octanol–water partition coefficient (Wildman–Crippen LogP) is 0.979. The number of piperazine rings is 6. The molecule has 0 unspecified atom stereocenters. The lowest BCUT2D eigenvalue weighted by atomic mass is 10.0. The highest BCUT2D eigenvalue weighted by atomic mass is 15.5. The van der Waals surface area contributed by atoms with Crippen LogP contribution in [0.15, 0.2) is 24.3 Å². The van der Waals surface area contributed by atoms with Crippen LogP contribution in [0.2, 0.25) is 0 Å². The first-order valence-electron chi connectivity index (χ1n) is 9.96. The summed E-state index contributed by atoms with van der Waals surface area (Å²) in [5, 5.41) is 0. The van der Waals surface area contributed by atoms with Gasteiger partial charge >= 0.3 is 0 Å². The smallest absolute Gasteiger partial charge is 0.105 e. The normalized spacial score (nSPS) is 40.8. The van der Waals surface area contributed by atoms with Gasteiger partial charge in [0.15, 0.2) is 0 Å². The van der Waals surface area contributed by atoms with E-state index in [9.17, 15) is 0 Å². The molecule has 0 atom stereocenters. The third-order valence-corrected chi connectivity index (χ3v) is 7.47. The third kappa shape index (κ3) is 2.70. The Bertz CT molecular complexity index is 517. The fourth-order valence-corrected chi connectivity index (χ4v) is 5.53. The summed E-state index contributed by atoms with van der Waals surface area (Å²) >= 11 is 0. The van der Waals surface area contributed by atoms with E-state index < -0.39 is 0 Å². The first kappa shape index (κ1) is 15.3. The zero-order valence-electron chi connectivity index (χ0n) is 15.0. The third-order valence-electron chi connectivity index (χ3n) is 7.47. The molecular formula is C20H32N4+2. The molecule has 4 nitrogen and oxygen atoms in total. The molecular weight excluding hydrogens is 296 g/mol. The predicted molar refractivity (Wildman–Crippen MR) is 96.5 cm³/mol. The molecule has 6 aliphatic rings. The number of rotatable bonds is 4. The molecule has 0 radical (unpaired) electrons. The maximum atomic E-state index is 2.65. The van der Waals surface area contributed by atoms with Crippen LogP contribution in [-0.2, 0) is 13.1 Å². The van der Waals surface area contributed by atoms with Crippen molar-refractivity contribution < 1.29 is 8.97 Å². The van der Waals surface area contributed by atoms with Crippen LogP contribution >= 0.6 is 0 Å². The van der Waals surface area contributed by atoms with E-state index >= 15 is 0 Å². The first-order chi connectivity index (χ1) is 11.7. The zero-order valence-corrected chi connectivity index (χ0v) is 15.0. The fourth-order valence-electron chi connectivity index (χ4n) is 5.53. The van der Waals surface area contributed by atoms with Gasteiger partial charge in [-0.15, -0.1) is 0 Å². The lowest BCUT2D eigenvalue weighted by Gasteiger charge is -2.52. The Morgan fingerprint density at radius 2 is 0.917 bits per heavy atom. The molecule has 0 aliphatic carbocycles. The summed E-state index contributed by atoms with van der Waals surface area (Å²) in [6.07, 6.45) is 0. The van der Waals surface area contributed by atoms with Crippen LogP contribution in [0.1, 0.15) is 11.1 Å². The van der Waals surface area contributed by atoms with Crippen molar-refractivity contribution in [3.05, 3.63) is 35.4 Å². The average molecular weight is 329 g/mol. The largest absolute Gasteiger partial charge is 0.317 e. The monoisotopic (exact) mass is 328 g/mol. The molecule has 6 heterocycles. The molecule has 0 amide bonds. The van der Waals surface area contributed by atoms with E-state index in [0.717, 1.165) is 0 Å². The van der Waals surface area contributed by atoms with Crippen molar-refractivity contribution >= 4 is 0 Å². The van der Waals surface area contributed by atoms with Gasteiger partial charge in [-0.2, -0.15) is 0 Å². The van der Waals surface area contributed by atoms with Gasteiger partial charge in [-0.05, 0) is 0 Å². The summed E-state index contributed by atoms with van der Waals surface area (Å²) in [4.78, 5) is 5.30. The molecule has 6 aliphatic heterocycles. The highest BCUT2D eigenvalue weighted by Gasteiger charge is 2.41. The minimum Gasteiger partial charge on any atom is -0.317 e. The summed E-state index contributed by atoms with van der Waals surface area (Å²) in [5.74, 6) is 0. The maximum absolute atomic E-state index is 2.65. The second-order valence-corrected chi connectivity index (χ2v) is 8.79. The van der Waals surface area contributed by atoms with Crippen LogP contribution in [-0.4, -0.2) is 97.3 Å². The summed E-state index contributed by atoms with van der Waals surface area (Å²) in [6, 6.07) is 9.40. The van der Waals surface area contributed by atoms with Gasteiger partial charge < -0.3 is 8.97 Å². The van der Waals surface area contributed by atoms with Gasteiger partial charge in [0.25, 0.3) is 0 Å². The van der Waals surface area contributed by atoms with Gasteiger partial charge in [-0.1, -0.05) is 24.3 Å². The molecule has 1 aromatic rings. The van der Waals surface area contributed by atoms with Crippen LogP contribution < -0.4 is 0 Å². The second kappa shape index (κ2) is 5.80. The summed E-state index contributed by atoms with van der Waals surface area (Å²) < 4.78 is 2.70. The van der Waals surface area contributed by atoms with Crippen molar-refractivity contribution in [3.63, 3.8) is 0 Å². The van der Waals surface area contributed by atoms with E-state index in [1.807, 2.05) is 0 Å². The molecule has 0 N–H and O–H groups in total. The topological polar surface area (TPSA) is 6.48 Å². The number of hydrogen-bond acceptors (Lipinski definition) is 2. The molecule has 7 rings (SSSR count). The molecule has 4 heteroatoms. The van der Waals surface area contributed by atoms with Gasteiger partial charge in [-0.3, -0.25) is 9.80 Å². The van der Waals surface area contributed by atoms with E-state index in [1.54, 1.807) is 11.1 Å². The highest BCUT2D eigenvalue weighted by Crippen LogP contribution is 2.28. The van der Waals surface area contributed by atoms with Crippen LogP contribution in [0, 0.1) is 0 Å². The second-order valence-electron chi connectivity index (χ2n) is 8.79. The minimum absolute atomic E-state index is 1.27. The Labute approximate surface area is 146 Å². The van der Waals surface area contributed by atoms with Crippen LogP contribution in [0.25, 0.3) is 0 Å². The van der Waals surface area contributed by atoms with E-state index in [4.69, 9.17) is 0 Å². The van der Waals surface area contributed by atoms with E-state index in [2.05, 4.69) is 34.1 Å². The van der Waals surface area contributed by atoms with E-state index in [-0.39, 0.29) is 0 Å². The van der Waals surface area contributed by atoms with Gasteiger partial charge in [0.2, 0.25) is 0 Å². The molecule has 0 saturated carbocycles. The minimum atomic E-state index is 1.27. The molecule has 6 saturated heterocycles. The van der Waals surface area contributed by atoms with Gasteiger partial charge in [0.05, 0.1) is 39.3 Å². The zero-order chi connectivity index (χ0) is 16.0. The quantitative estimate of drug-likeness (QED) is 0.760. The van der Waals surface area contributed by atoms with Crippen molar-refractivity contribution in [1.82, 2.24) is 9.80 Å². The first-order valence-corrected chi connectivity index (χ1v) is 9.96. The average Bonchev–Trinajstić information content (AvgIpc) is 2.66. The van der Waals surface area contributed by atoms with Crippen LogP contribution in [0.4, 0.5) is 0 Å². The molecule has 1 aromatic carbocycles. The molecule has 0 aromatic heterocycles. The molecule has 6 fully saturated rings. The number of benzene rings is 1. The molecule has 4 bridgehead atoms. The summed E-state index contributed by atoms with van der Waals surface area (Å²) in [6.45, 7) is 18.6. The summed E-state index contributed by atoms with van der Waals surface area (Å²) in [7, 11) is 0. The van der Waals surface area contributed by atoms with Crippen molar-refractivity contribution in [2.24, 2.45) is 0 Å². The van der Waals surface area contributed by atoms with Crippen LogP contribution in [0.3, 0.4) is 0 Å². The Morgan fingerprint density at radius 3 is 1.25 bits per heavy atom. The van der Waals surface area contributed by atoms with Gasteiger partial charge in [-0.25, -0.2) is 0 Å². The number of fused-ring (bicyclic) bond motifs is 6. The Kier molecular flexibility index (Phi) is 3.71. The van der Waals surface area contributed by atoms with E-state index in [1.165, 1.54) is 101 Å². The van der Waals surface area contributed by atoms with Crippen molar-refractivity contribution in [2.45, 2.75) is 13.1 Å². The van der Waals surface area contributed by atoms with Crippen molar-refractivity contribution in [1.29, 1.82) is 0 Å². The summed E-state index contributed by atoms with van der Waals surface area (Å²) in [5.41, 5.74) is 3.29. The Balaban J connectivity index is 1.37. The Hall–Kier alpha value is -0.940. The number of quaternary nitrogens is 2. The van der Waals surface area contributed by atoms with Crippen LogP contribution in [0.5, 0.6) is 0 Å². The Morgan fingerprint density at radius 1 is 0.583 bits per heavy atom. The highest BCUT2D eigenvalue weighted by molar-refractivity contribution is 5.26. The van der Waals surface area contributed by atoms with Gasteiger partial charge in [0.1, 0.15) is 13.1 Å². The number of hydrogen-bond donors (Lipinski definition) is 0. The SMILES string of the molecule is c1ccc(C[N+]23CCN(CC2)CC3)c(C[N+]23CCN(CC2)CC3)c1. The molecule has 0 spiro atoms. The standard InChI is InChI=1S/C20H32N4/c1-2-4-20(18-24-14-8-22(9-15-24)10-16-24)19(3-1)17-23-11-5-21(6-12-23)7-13-23/h1-4H,5-18H2/q+2.